The van der Waals surface area contributed by atoms with Crippen LogP contribution in [0, 0.1) is 0 Å². The van der Waals surface area contributed by atoms with Gasteiger partial charge in [0.15, 0.2) is 0 Å². The first kappa shape index (κ1) is 13.9. The van der Waals surface area contributed by atoms with Crippen molar-refractivity contribution < 1.29 is 14.3 Å². The number of carbonyl (C=O) groups is 1. The quantitative estimate of drug-likeness (QED) is 0.917. The Labute approximate surface area is 124 Å². The van der Waals surface area contributed by atoms with E-state index in [-0.39, 0.29) is 12.0 Å². The van der Waals surface area contributed by atoms with Crippen molar-refractivity contribution in [3.05, 3.63) is 42.0 Å². The minimum absolute atomic E-state index is 0.00393. The van der Waals surface area contributed by atoms with Crippen molar-refractivity contribution in [1.82, 2.24) is 5.32 Å². The molecule has 1 heterocycles. The molecule has 2 aromatic rings. The average Bonchev–Trinajstić information content (AvgIpc) is 2.43. The zero-order valence-electron chi connectivity index (χ0n) is 12.1. The number of rotatable bonds is 5. The fourth-order valence-corrected chi connectivity index (χ4v) is 2.46. The molecule has 1 amide bonds. The van der Waals surface area contributed by atoms with Crippen molar-refractivity contribution in [2.45, 2.75) is 19.4 Å². The molecule has 0 unspecified atom stereocenters. The van der Waals surface area contributed by atoms with Crippen LogP contribution in [0.3, 0.4) is 0 Å². The molecule has 1 aliphatic rings. The zero-order chi connectivity index (χ0) is 14.7. The third kappa shape index (κ3) is 3.34. The molecule has 0 atom stereocenters. The summed E-state index contributed by atoms with van der Waals surface area (Å²) in [6, 6.07) is 12.4. The SMILES string of the molecule is CC(=O)NCCc1cccc2ccc(OC3COC3)cc12. The van der Waals surface area contributed by atoms with Crippen molar-refractivity contribution in [2.75, 3.05) is 19.8 Å². The zero-order valence-corrected chi connectivity index (χ0v) is 12.1. The summed E-state index contributed by atoms with van der Waals surface area (Å²) in [5.41, 5.74) is 1.22. The maximum Gasteiger partial charge on any atom is 0.216 e. The van der Waals surface area contributed by atoms with E-state index in [2.05, 4.69) is 29.6 Å². The first-order chi connectivity index (χ1) is 10.2. The summed E-state index contributed by atoms with van der Waals surface area (Å²) in [6.07, 6.45) is 0.987. The largest absolute Gasteiger partial charge is 0.486 e. The van der Waals surface area contributed by atoms with Crippen LogP contribution in [0.4, 0.5) is 0 Å². The van der Waals surface area contributed by atoms with Gasteiger partial charge in [-0.1, -0.05) is 24.3 Å². The van der Waals surface area contributed by atoms with Gasteiger partial charge in [-0.15, -0.1) is 0 Å². The van der Waals surface area contributed by atoms with E-state index >= 15 is 0 Å². The van der Waals surface area contributed by atoms with Crippen LogP contribution in [0.2, 0.25) is 0 Å². The van der Waals surface area contributed by atoms with Gasteiger partial charge in [-0.2, -0.15) is 0 Å². The van der Waals surface area contributed by atoms with Crippen LogP contribution in [-0.2, 0) is 16.0 Å². The maximum atomic E-state index is 11.0. The number of amides is 1. The Bertz CT molecular complexity index is 650. The Morgan fingerprint density at radius 1 is 1.33 bits per heavy atom. The molecule has 4 heteroatoms. The second kappa shape index (κ2) is 6.14. The molecule has 1 N–H and O–H groups in total. The Morgan fingerprint density at radius 3 is 2.90 bits per heavy atom. The van der Waals surface area contributed by atoms with Crippen LogP contribution >= 0.6 is 0 Å². The molecule has 1 aliphatic heterocycles. The fraction of sp³-hybridized carbons (Fsp3) is 0.353. The van der Waals surface area contributed by atoms with E-state index in [4.69, 9.17) is 9.47 Å². The van der Waals surface area contributed by atoms with Crippen molar-refractivity contribution in [3.8, 4) is 5.75 Å². The highest BCUT2D eigenvalue weighted by Gasteiger charge is 2.20. The first-order valence-corrected chi connectivity index (χ1v) is 7.23. The smallest absolute Gasteiger partial charge is 0.216 e. The summed E-state index contributed by atoms with van der Waals surface area (Å²) < 4.78 is 11.0. The highest BCUT2D eigenvalue weighted by atomic mass is 16.6. The van der Waals surface area contributed by atoms with Crippen LogP contribution < -0.4 is 10.1 Å². The summed E-state index contributed by atoms with van der Waals surface area (Å²) in [6.45, 7) is 3.52. The van der Waals surface area contributed by atoms with Gasteiger partial charge in [-0.05, 0) is 34.9 Å². The second-order valence-electron chi connectivity index (χ2n) is 5.31. The first-order valence-electron chi connectivity index (χ1n) is 7.23. The molecular weight excluding hydrogens is 266 g/mol. The number of fused-ring (bicyclic) bond motifs is 1. The van der Waals surface area contributed by atoms with E-state index in [1.807, 2.05) is 12.1 Å². The van der Waals surface area contributed by atoms with E-state index in [1.165, 1.54) is 23.3 Å². The van der Waals surface area contributed by atoms with Gasteiger partial charge in [0.05, 0.1) is 13.2 Å². The van der Waals surface area contributed by atoms with Gasteiger partial charge < -0.3 is 14.8 Å². The Balaban J connectivity index is 1.80. The number of ether oxygens (including phenoxy) is 2. The van der Waals surface area contributed by atoms with Crippen LogP contribution in [0.25, 0.3) is 10.8 Å². The van der Waals surface area contributed by atoms with Gasteiger partial charge in [0, 0.05) is 13.5 Å². The van der Waals surface area contributed by atoms with Crippen molar-refractivity contribution >= 4 is 16.7 Å². The number of benzene rings is 2. The predicted octanol–water partition coefficient (Wildman–Crippen LogP) is 2.30. The number of hydrogen-bond donors (Lipinski definition) is 1. The van der Waals surface area contributed by atoms with E-state index in [0.717, 1.165) is 12.2 Å². The lowest BCUT2D eigenvalue weighted by Gasteiger charge is -2.26. The maximum absolute atomic E-state index is 11.0. The van der Waals surface area contributed by atoms with Crippen LogP contribution in [0.15, 0.2) is 36.4 Å². The summed E-state index contributed by atoms with van der Waals surface area (Å²) in [5.74, 6) is 0.881. The summed E-state index contributed by atoms with van der Waals surface area (Å²) >= 11 is 0. The second-order valence-corrected chi connectivity index (χ2v) is 5.31. The lowest BCUT2D eigenvalue weighted by atomic mass is 10.0. The minimum atomic E-state index is 0.00393. The van der Waals surface area contributed by atoms with Crippen LogP contribution in [0.5, 0.6) is 5.75 Å². The van der Waals surface area contributed by atoms with E-state index in [9.17, 15) is 4.79 Å². The molecule has 4 nitrogen and oxygen atoms in total. The van der Waals surface area contributed by atoms with E-state index < -0.39 is 0 Å². The molecule has 0 saturated carbocycles. The molecule has 3 rings (SSSR count). The highest BCUT2D eigenvalue weighted by Crippen LogP contribution is 2.26. The molecule has 21 heavy (non-hydrogen) atoms. The molecule has 1 fully saturated rings. The lowest BCUT2D eigenvalue weighted by Crippen LogP contribution is -2.38. The Morgan fingerprint density at radius 2 is 2.19 bits per heavy atom. The third-order valence-electron chi connectivity index (χ3n) is 3.62. The number of nitrogens with one attached hydrogen (secondary N) is 1. The fourth-order valence-electron chi connectivity index (χ4n) is 2.46. The molecule has 2 aromatic carbocycles. The summed E-state index contributed by atoms with van der Waals surface area (Å²) in [7, 11) is 0. The van der Waals surface area contributed by atoms with Crippen molar-refractivity contribution in [3.63, 3.8) is 0 Å². The Hall–Kier alpha value is -2.07. The van der Waals surface area contributed by atoms with Crippen molar-refractivity contribution in [1.29, 1.82) is 0 Å². The molecule has 0 bridgehead atoms. The van der Waals surface area contributed by atoms with Crippen LogP contribution in [-0.4, -0.2) is 31.8 Å². The monoisotopic (exact) mass is 285 g/mol. The molecular formula is C17H19NO3. The van der Waals surface area contributed by atoms with Gasteiger partial charge in [0.1, 0.15) is 11.9 Å². The normalized spacial score (nSPS) is 14.7. The third-order valence-corrected chi connectivity index (χ3v) is 3.62. The summed E-state index contributed by atoms with van der Waals surface area (Å²) in [5, 5.41) is 5.21. The molecule has 0 aliphatic carbocycles. The number of hydrogen-bond acceptors (Lipinski definition) is 3. The Kier molecular flexibility index (Phi) is 4.06. The summed E-state index contributed by atoms with van der Waals surface area (Å²) in [4.78, 5) is 11.0. The lowest BCUT2D eigenvalue weighted by molar-refractivity contribution is -0.118. The number of carbonyl (C=O) groups excluding carboxylic acids is 1. The van der Waals surface area contributed by atoms with Gasteiger partial charge in [-0.25, -0.2) is 0 Å². The molecule has 110 valence electrons. The molecule has 0 aromatic heterocycles. The highest BCUT2D eigenvalue weighted by molar-refractivity contribution is 5.87. The molecule has 1 saturated heterocycles. The van der Waals surface area contributed by atoms with Gasteiger partial charge in [0.25, 0.3) is 0 Å². The van der Waals surface area contributed by atoms with E-state index in [1.54, 1.807) is 0 Å². The standard InChI is InChI=1S/C17H19NO3/c1-12(19)18-8-7-14-4-2-3-13-5-6-15(9-17(13)14)21-16-10-20-11-16/h2-6,9,16H,7-8,10-11H2,1H3,(H,18,19). The van der Waals surface area contributed by atoms with Gasteiger partial charge in [0.2, 0.25) is 5.91 Å². The van der Waals surface area contributed by atoms with E-state index in [0.29, 0.717) is 19.8 Å². The molecule has 0 radical (unpaired) electrons. The molecule has 0 spiro atoms. The minimum Gasteiger partial charge on any atom is -0.486 e. The van der Waals surface area contributed by atoms with Crippen molar-refractivity contribution in [2.24, 2.45) is 0 Å². The average molecular weight is 285 g/mol. The topological polar surface area (TPSA) is 47.6 Å². The van der Waals surface area contributed by atoms with Gasteiger partial charge >= 0.3 is 0 Å². The van der Waals surface area contributed by atoms with Crippen LogP contribution in [0.1, 0.15) is 12.5 Å². The van der Waals surface area contributed by atoms with Gasteiger partial charge in [-0.3, -0.25) is 4.79 Å². The predicted molar refractivity (Wildman–Crippen MR) is 81.6 cm³/mol.